The Balaban J connectivity index is 1.65. The van der Waals surface area contributed by atoms with Crippen LogP contribution >= 0.6 is 35.3 Å². The smallest absolute Gasteiger partial charge is 0.285 e. The third kappa shape index (κ3) is 3.42. The number of ether oxygens (including phenoxy) is 1. The molecule has 0 spiro atoms. The lowest BCUT2D eigenvalue weighted by Gasteiger charge is -2.14. The lowest BCUT2D eigenvalue weighted by molar-refractivity contribution is -0.123. The topological polar surface area (TPSA) is 58.6 Å². The average molecular weight is 427 g/mol. The van der Waals surface area contributed by atoms with Crippen molar-refractivity contribution in [3.63, 3.8) is 0 Å². The fourth-order valence-electron chi connectivity index (χ4n) is 2.87. The summed E-state index contributed by atoms with van der Waals surface area (Å²) in [5.41, 5.74) is 3.46. The van der Waals surface area contributed by atoms with Gasteiger partial charge in [0.15, 0.2) is 4.32 Å². The number of hydrazine groups is 1. The number of methoxy groups -OCH3 is 1. The molecule has 0 aliphatic carbocycles. The molecular formula is C20H14N2O3S3. The molecular weight excluding hydrogens is 412 g/mol. The summed E-state index contributed by atoms with van der Waals surface area (Å²) < 4.78 is 5.71. The second-order valence-corrected chi connectivity index (χ2v) is 8.46. The zero-order valence-electron chi connectivity index (χ0n) is 14.7. The third-order valence-corrected chi connectivity index (χ3v) is 6.35. The van der Waals surface area contributed by atoms with Gasteiger partial charge in [0.2, 0.25) is 0 Å². The van der Waals surface area contributed by atoms with Crippen LogP contribution in [0.4, 0.5) is 0 Å². The van der Waals surface area contributed by atoms with Crippen LogP contribution in [0, 0.1) is 0 Å². The van der Waals surface area contributed by atoms with Gasteiger partial charge in [-0.05, 0) is 46.8 Å². The molecule has 2 heterocycles. The Morgan fingerprint density at radius 3 is 2.64 bits per heavy atom. The first kappa shape index (κ1) is 18.7. The summed E-state index contributed by atoms with van der Waals surface area (Å²) in [5, 5.41) is 4.85. The number of nitrogens with one attached hydrogen (secondary N) is 1. The molecule has 28 heavy (non-hydrogen) atoms. The highest BCUT2D eigenvalue weighted by atomic mass is 32.2. The van der Waals surface area contributed by atoms with E-state index in [4.69, 9.17) is 17.0 Å². The zero-order valence-corrected chi connectivity index (χ0v) is 17.1. The Labute approximate surface area is 175 Å². The van der Waals surface area contributed by atoms with Crippen LogP contribution in [0.15, 0.2) is 58.8 Å². The van der Waals surface area contributed by atoms with Crippen LogP contribution in [0.2, 0.25) is 0 Å². The molecule has 0 unspecified atom stereocenters. The lowest BCUT2D eigenvalue weighted by atomic mass is 10.0. The van der Waals surface area contributed by atoms with Gasteiger partial charge in [-0.25, -0.2) is 0 Å². The molecule has 1 saturated heterocycles. The first-order valence-electron chi connectivity index (χ1n) is 8.26. The highest BCUT2D eigenvalue weighted by Crippen LogP contribution is 2.35. The van der Waals surface area contributed by atoms with E-state index in [2.05, 4.69) is 5.43 Å². The Morgan fingerprint density at radius 2 is 1.93 bits per heavy atom. The van der Waals surface area contributed by atoms with Crippen LogP contribution in [0.1, 0.15) is 15.2 Å². The van der Waals surface area contributed by atoms with Gasteiger partial charge < -0.3 is 4.74 Å². The third-order valence-electron chi connectivity index (χ3n) is 4.18. The van der Waals surface area contributed by atoms with Crippen molar-refractivity contribution in [3.05, 3.63) is 69.3 Å². The van der Waals surface area contributed by atoms with Gasteiger partial charge in [0.25, 0.3) is 11.8 Å². The first-order chi connectivity index (χ1) is 13.6. The van der Waals surface area contributed by atoms with E-state index >= 15 is 0 Å². The van der Waals surface area contributed by atoms with Gasteiger partial charge in [-0.3, -0.25) is 15.0 Å². The maximum absolute atomic E-state index is 12.8. The number of nitrogens with zero attached hydrogens (tertiary/aromatic N) is 1. The summed E-state index contributed by atoms with van der Waals surface area (Å²) >= 11 is 7.75. The Morgan fingerprint density at radius 1 is 1.14 bits per heavy atom. The molecule has 2 aromatic carbocycles. The Kier molecular flexibility index (Phi) is 5.17. The fraction of sp³-hybridized carbons (Fsp3) is 0.0500. The van der Waals surface area contributed by atoms with Crippen molar-refractivity contribution in [2.45, 2.75) is 0 Å². The summed E-state index contributed by atoms with van der Waals surface area (Å²) in [5.74, 6) is 0.0609. The number of hydrogen-bond acceptors (Lipinski definition) is 6. The molecule has 1 aromatic heterocycles. The molecule has 0 saturated carbocycles. The second-order valence-electron chi connectivity index (χ2n) is 5.84. The van der Waals surface area contributed by atoms with Crippen LogP contribution < -0.4 is 10.2 Å². The summed E-state index contributed by atoms with van der Waals surface area (Å²) in [6.45, 7) is 0. The van der Waals surface area contributed by atoms with Crippen LogP contribution in [0.5, 0.6) is 5.75 Å². The van der Waals surface area contributed by atoms with Gasteiger partial charge in [-0.15, -0.1) is 11.3 Å². The number of benzene rings is 2. The molecule has 3 aromatic rings. The Bertz CT molecular complexity index is 1120. The van der Waals surface area contributed by atoms with Gasteiger partial charge in [0.1, 0.15) is 5.75 Å². The van der Waals surface area contributed by atoms with E-state index < -0.39 is 0 Å². The van der Waals surface area contributed by atoms with Gasteiger partial charge in [0.05, 0.1) is 16.9 Å². The predicted molar refractivity (Wildman–Crippen MR) is 117 cm³/mol. The van der Waals surface area contributed by atoms with E-state index in [1.165, 1.54) is 11.3 Å². The van der Waals surface area contributed by atoms with Gasteiger partial charge in [0, 0.05) is 5.39 Å². The minimum Gasteiger partial charge on any atom is -0.496 e. The summed E-state index contributed by atoms with van der Waals surface area (Å²) in [7, 11) is 1.63. The number of carbonyl (C=O) groups excluding carboxylic acids is 2. The van der Waals surface area contributed by atoms with Gasteiger partial charge >= 0.3 is 0 Å². The van der Waals surface area contributed by atoms with Crippen LogP contribution in [-0.4, -0.2) is 28.3 Å². The van der Waals surface area contributed by atoms with E-state index in [0.29, 0.717) is 14.1 Å². The molecule has 4 rings (SSSR count). The van der Waals surface area contributed by atoms with E-state index in [-0.39, 0.29) is 11.8 Å². The monoisotopic (exact) mass is 426 g/mol. The number of carbonyl (C=O) groups is 2. The Hall–Kier alpha value is -2.68. The quantitative estimate of drug-likeness (QED) is 0.493. The summed E-state index contributed by atoms with van der Waals surface area (Å²) in [6.07, 6.45) is 1.79. The van der Waals surface area contributed by atoms with E-state index in [9.17, 15) is 9.59 Å². The normalized spacial score (nSPS) is 15.5. The molecule has 1 aliphatic heterocycles. The summed E-state index contributed by atoms with van der Waals surface area (Å²) in [6, 6.07) is 15.1. The fourth-order valence-corrected chi connectivity index (χ4v) is 4.65. The van der Waals surface area contributed by atoms with Crippen molar-refractivity contribution in [1.82, 2.24) is 10.4 Å². The lowest BCUT2D eigenvalue weighted by Crippen LogP contribution is -2.44. The van der Waals surface area contributed by atoms with Crippen molar-refractivity contribution in [2.75, 3.05) is 7.11 Å². The average Bonchev–Trinajstić information content (AvgIpc) is 3.33. The van der Waals surface area contributed by atoms with E-state index in [1.807, 2.05) is 36.4 Å². The van der Waals surface area contributed by atoms with Crippen molar-refractivity contribution >= 4 is 68.3 Å². The van der Waals surface area contributed by atoms with Crippen LogP contribution in [0.25, 0.3) is 16.8 Å². The molecule has 1 aliphatic rings. The van der Waals surface area contributed by atoms with Crippen molar-refractivity contribution in [1.29, 1.82) is 0 Å². The maximum atomic E-state index is 12.8. The van der Waals surface area contributed by atoms with Gasteiger partial charge in [-0.1, -0.05) is 48.2 Å². The van der Waals surface area contributed by atoms with Crippen molar-refractivity contribution in [3.8, 4) is 5.75 Å². The molecule has 0 bridgehead atoms. The first-order valence-corrected chi connectivity index (χ1v) is 10.4. The molecule has 8 heteroatoms. The maximum Gasteiger partial charge on any atom is 0.285 e. The number of amides is 2. The molecule has 140 valence electrons. The van der Waals surface area contributed by atoms with Gasteiger partial charge in [-0.2, -0.15) is 5.01 Å². The van der Waals surface area contributed by atoms with Crippen molar-refractivity contribution in [2.24, 2.45) is 0 Å². The summed E-state index contributed by atoms with van der Waals surface area (Å²) in [4.78, 5) is 26.0. The standard InChI is InChI=1S/C20H14N2O3S3/c1-25-15-9-8-12(13-5-2-3-6-14(13)15)11-17-19(24)22(20(26)28-17)21-18(23)16-7-4-10-27-16/h2-11H,1H3,(H,21,23)/b17-11+. The number of hydrogen-bond donors (Lipinski definition) is 1. The second kappa shape index (κ2) is 7.75. The van der Waals surface area contributed by atoms with Crippen molar-refractivity contribution < 1.29 is 14.3 Å². The van der Waals surface area contributed by atoms with E-state index in [1.54, 1.807) is 30.7 Å². The number of thiocarbonyl (C=S) groups is 1. The minimum atomic E-state index is -0.359. The largest absolute Gasteiger partial charge is 0.496 e. The van der Waals surface area contributed by atoms with Crippen LogP contribution in [-0.2, 0) is 4.79 Å². The SMILES string of the molecule is COc1ccc(/C=C2/SC(=S)N(NC(=O)c3cccs3)C2=O)c2ccccc12. The zero-order chi connectivity index (χ0) is 19.7. The number of thioether (sulfide) groups is 1. The molecule has 5 nitrogen and oxygen atoms in total. The highest BCUT2D eigenvalue weighted by molar-refractivity contribution is 8.26. The molecule has 1 N–H and O–H groups in total. The highest BCUT2D eigenvalue weighted by Gasteiger charge is 2.34. The number of rotatable bonds is 4. The number of thiophene rings is 1. The van der Waals surface area contributed by atoms with E-state index in [0.717, 1.165) is 38.9 Å². The number of fused-ring (bicyclic) bond motifs is 1. The molecule has 0 atom stereocenters. The molecule has 1 fully saturated rings. The molecule has 0 radical (unpaired) electrons. The minimum absolute atomic E-state index is 0.291. The molecule has 2 amide bonds. The van der Waals surface area contributed by atoms with Crippen LogP contribution in [0.3, 0.4) is 0 Å². The predicted octanol–water partition coefficient (Wildman–Crippen LogP) is 4.46.